The van der Waals surface area contributed by atoms with E-state index in [1.165, 1.54) is 0 Å². The van der Waals surface area contributed by atoms with E-state index in [2.05, 4.69) is 18.7 Å². The minimum atomic E-state index is -3.05. The van der Waals surface area contributed by atoms with E-state index in [1.54, 1.807) is 11.2 Å². The van der Waals surface area contributed by atoms with Crippen LogP contribution in [0.4, 0.5) is 0 Å². The van der Waals surface area contributed by atoms with Crippen LogP contribution in [0.25, 0.3) is 0 Å². The fraction of sp³-hybridized carbons (Fsp3) is 0.933. The number of piperidine rings is 1. The van der Waals surface area contributed by atoms with E-state index >= 15 is 0 Å². The van der Waals surface area contributed by atoms with Crippen LogP contribution in [0, 0.1) is 5.92 Å². The van der Waals surface area contributed by atoms with Crippen molar-refractivity contribution in [3.63, 3.8) is 0 Å². The number of piperazine rings is 1. The third-order valence-corrected chi connectivity index (χ3v) is 6.65. The number of hydrogen-bond acceptors (Lipinski definition) is 4. The first-order valence-electron chi connectivity index (χ1n) is 8.33. The third kappa shape index (κ3) is 4.20. The largest absolute Gasteiger partial charge is 0.340 e. The quantitative estimate of drug-likeness (QED) is 0.740. The van der Waals surface area contributed by atoms with E-state index in [-0.39, 0.29) is 17.7 Å². The SMILES string of the molecule is CCS(=O)(=O)N1CCN(CC2CCC(=O)N(C(C)C)C2)CC1. The molecule has 0 aliphatic carbocycles. The first-order chi connectivity index (χ1) is 10.3. The number of likely N-dealkylation sites (tertiary alicyclic amines) is 1. The average Bonchev–Trinajstić information content (AvgIpc) is 2.49. The summed E-state index contributed by atoms with van der Waals surface area (Å²) >= 11 is 0. The highest BCUT2D eigenvalue weighted by atomic mass is 32.2. The van der Waals surface area contributed by atoms with Gasteiger partial charge in [-0.15, -0.1) is 0 Å². The van der Waals surface area contributed by atoms with E-state index in [4.69, 9.17) is 0 Å². The topological polar surface area (TPSA) is 60.9 Å². The van der Waals surface area contributed by atoms with Crippen LogP contribution in [0.1, 0.15) is 33.6 Å². The minimum absolute atomic E-state index is 0.182. The summed E-state index contributed by atoms with van der Waals surface area (Å²) in [5, 5.41) is 0. The monoisotopic (exact) mass is 331 g/mol. The summed E-state index contributed by atoms with van der Waals surface area (Å²) in [4.78, 5) is 16.2. The van der Waals surface area contributed by atoms with Gasteiger partial charge in [-0.1, -0.05) is 0 Å². The van der Waals surface area contributed by atoms with Crippen LogP contribution in [0.15, 0.2) is 0 Å². The molecule has 0 N–H and O–H groups in total. The molecule has 1 unspecified atom stereocenters. The van der Waals surface area contributed by atoms with Crippen molar-refractivity contribution < 1.29 is 13.2 Å². The van der Waals surface area contributed by atoms with Crippen molar-refractivity contribution in [1.82, 2.24) is 14.1 Å². The molecule has 2 rings (SSSR count). The second-order valence-corrected chi connectivity index (χ2v) is 8.90. The Balaban J connectivity index is 1.82. The molecule has 2 aliphatic heterocycles. The molecule has 0 saturated carbocycles. The smallest absolute Gasteiger partial charge is 0.222 e. The van der Waals surface area contributed by atoms with Gasteiger partial charge in [0.2, 0.25) is 15.9 Å². The van der Waals surface area contributed by atoms with E-state index in [1.807, 2.05) is 4.90 Å². The van der Waals surface area contributed by atoms with Crippen molar-refractivity contribution in [3.8, 4) is 0 Å². The van der Waals surface area contributed by atoms with Gasteiger partial charge in [0.1, 0.15) is 0 Å². The normalized spacial score (nSPS) is 25.9. The van der Waals surface area contributed by atoms with Crippen LogP contribution in [0.3, 0.4) is 0 Å². The number of hydrogen-bond donors (Lipinski definition) is 0. The fourth-order valence-corrected chi connectivity index (χ4v) is 4.41. The lowest BCUT2D eigenvalue weighted by Gasteiger charge is -2.40. The second-order valence-electron chi connectivity index (χ2n) is 6.64. The molecule has 1 atom stereocenters. The number of amides is 1. The van der Waals surface area contributed by atoms with Crippen LogP contribution in [0.2, 0.25) is 0 Å². The van der Waals surface area contributed by atoms with Gasteiger partial charge in [0.15, 0.2) is 0 Å². The highest BCUT2D eigenvalue weighted by molar-refractivity contribution is 7.89. The standard InChI is InChI=1S/C15H29N3O3S/c1-4-22(20,21)17-9-7-16(8-10-17)11-14-5-6-15(19)18(12-14)13(2)3/h13-14H,4-12H2,1-3H3. The van der Waals surface area contributed by atoms with Crippen LogP contribution >= 0.6 is 0 Å². The molecule has 0 aromatic heterocycles. The fourth-order valence-electron chi connectivity index (χ4n) is 3.33. The Kier molecular flexibility index (Phi) is 5.85. The van der Waals surface area contributed by atoms with Gasteiger partial charge < -0.3 is 9.80 Å². The Morgan fingerprint density at radius 1 is 1.18 bits per heavy atom. The molecule has 0 spiro atoms. The Hall–Kier alpha value is -0.660. The molecule has 1 amide bonds. The van der Waals surface area contributed by atoms with E-state index in [9.17, 15) is 13.2 Å². The number of sulfonamides is 1. The zero-order valence-electron chi connectivity index (χ0n) is 14.0. The van der Waals surface area contributed by atoms with Crippen molar-refractivity contribution in [2.75, 3.05) is 45.0 Å². The maximum atomic E-state index is 11.9. The van der Waals surface area contributed by atoms with Crippen LogP contribution in [0.5, 0.6) is 0 Å². The highest BCUT2D eigenvalue weighted by Crippen LogP contribution is 2.21. The predicted octanol–water partition coefficient (Wildman–Crippen LogP) is 0.601. The van der Waals surface area contributed by atoms with Gasteiger partial charge in [0, 0.05) is 51.7 Å². The van der Waals surface area contributed by atoms with Crippen molar-refractivity contribution in [2.24, 2.45) is 5.92 Å². The average molecular weight is 331 g/mol. The number of nitrogens with zero attached hydrogens (tertiary/aromatic N) is 3. The summed E-state index contributed by atoms with van der Waals surface area (Å²) in [6.07, 6.45) is 1.60. The summed E-state index contributed by atoms with van der Waals surface area (Å²) in [6, 6.07) is 0.266. The molecule has 128 valence electrons. The molecule has 22 heavy (non-hydrogen) atoms. The van der Waals surface area contributed by atoms with Crippen molar-refractivity contribution in [2.45, 2.75) is 39.7 Å². The van der Waals surface area contributed by atoms with E-state index in [0.717, 1.165) is 32.6 Å². The van der Waals surface area contributed by atoms with Gasteiger partial charge in [-0.3, -0.25) is 4.79 Å². The Morgan fingerprint density at radius 2 is 1.82 bits per heavy atom. The molecule has 2 aliphatic rings. The van der Waals surface area contributed by atoms with Gasteiger partial charge >= 0.3 is 0 Å². The number of carbonyl (C=O) groups is 1. The van der Waals surface area contributed by atoms with Gasteiger partial charge in [-0.05, 0) is 33.1 Å². The van der Waals surface area contributed by atoms with E-state index in [0.29, 0.717) is 25.4 Å². The lowest BCUT2D eigenvalue weighted by atomic mass is 9.95. The predicted molar refractivity (Wildman–Crippen MR) is 87.0 cm³/mol. The van der Waals surface area contributed by atoms with E-state index < -0.39 is 10.0 Å². The molecule has 0 aromatic carbocycles. The third-order valence-electron chi connectivity index (χ3n) is 4.77. The molecule has 6 nitrogen and oxygen atoms in total. The number of rotatable bonds is 5. The maximum absolute atomic E-state index is 11.9. The van der Waals surface area contributed by atoms with Gasteiger partial charge in [0.05, 0.1) is 5.75 Å². The summed E-state index contributed by atoms with van der Waals surface area (Å²) < 4.78 is 25.3. The lowest BCUT2D eigenvalue weighted by Crippen LogP contribution is -2.52. The molecule has 0 aromatic rings. The zero-order valence-corrected chi connectivity index (χ0v) is 14.8. The Bertz CT molecular complexity index is 484. The van der Waals surface area contributed by atoms with Crippen LogP contribution in [-0.2, 0) is 14.8 Å². The summed E-state index contributed by atoms with van der Waals surface area (Å²) in [6.45, 7) is 10.4. The van der Waals surface area contributed by atoms with Gasteiger partial charge in [0.25, 0.3) is 0 Å². The molecular formula is C15H29N3O3S. The Morgan fingerprint density at radius 3 is 2.36 bits per heavy atom. The molecule has 7 heteroatoms. The summed E-state index contributed by atoms with van der Waals surface area (Å²) in [7, 11) is -3.05. The molecule has 2 fully saturated rings. The molecule has 2 saturated heterocycles. The van der Waals surface area contributed by atoms with Gasteiger partial charge in [-0.25, -0.2) is 8.42 Å². The molecule has 0 bridgehead atoms. The first-order valence-corrected chi connectivity index (χ1v) is 9.94. The second kappa shape index (κ2) is 7.27. The molecular weight excluding hydrogens is 302 g/mol. The minimum Gasteiger partial charge on any atom is -0.340 e. The highest BCUT2D eigenvalue weighted by Gasteiger charge is 2.30. The van der Waals surface area contributed by atoms with Crippen molar-refractivity contribution >= 4 is 15.9 Å². The first kappa shape index (κ1) is 17.7. The van der Waals surface area contributed by atoms with Crippen LogP contribution in [-0.4, -0.2) is 79.5 Å². The molecule has 0 radical (unpaired) electrons. The maximum Gasteiger partial charge on any atom is 0.222 e. The van der Waals surface area contributed by atoms with Crippen molar-refractivity contribution in [3.05, 3.63) is 0 Å². The number of carbonyl (C=O) groups excluding carboxylic acids is 1. The van der Waals surface area contributed by atoms with Gasteiger partial charge in [-0.2, -0.15) is 4.31 Å². The Labute approximate surface area is 134 Å². The van der Waals surface area contributed by atoms with Crippen molar-refractivity contribution in [1.29, 1.82) is 0 Å². The lowest BCUT2D eigenvalue weighted by molar-refractivity contribution is -0.137. The van der Waals surface area contributed by atoms with Crippen LogP contribution < -0.4 is 0 Å². The zero-order chi connectivity index (χ0) is 16.3. The summed E-state index contributed by atoms with van der Waals surface area (Å²) in [5.41, 5.74) is 0. The summed E-state index contributed by atoms with van der Waals surface area (Å²) in [5.74, 6) is 0.959. The molecule has 2 heterocycles.